The Balaban J connectivity index is 2.27. The van der Waals surface area contributed by atoms with E-state index < -0.39 is 5.97 Å². The molecule has 0 aliphatic heterocycles. The van der Waals surface area contributed by atoms with Gasteiger partial charge in [-0.1, -0.05) is 30.9 Å². The zero-order valence-corrected chi connectivity index (χ0v) is 11.9. The van der Waals surface area contributed by atoms with E-state index in [0.717, 1.165) is 25.2 Å². The lowest BCUT2D eigenvalue weighted by Gasteiger charge is -2.34. The van der Waals surface area contributed by atoms with Crippen molar-refractivity contribution >= 4 is 23.4 Å². The van der Waals surface area contributed by atoms with Gasteiger partial charge >= 0.3 is 5.97 Å². The first-order chi connectivity index (χ1) is 9.13. The number of nitrogens with zero attached hydrogens (tertiary/aromatic N) is 2. The number of aromatic carboxylic acids is 1. The van der Waals surface area contributed by atoms with E-state index in [0.29, 0.717) is 6.04 Å². The first kappa shape index (κ1) is 14.1. The van der Waals surface area contributed by atoms with Gasteiger partial charge in [0.2, 0.25) is 0 Å². The van der Waals surface area contributed by atoms with Crippen molar-refractivity contribution in [2.45, 2.75) is 45.1 Å². The van der Waals surface area contributed by atoms with E-state index in [-0.39, 0.29) is 10.6 Å². The van der Waals surface area contributed by atoms with E-state index in [4.69, 9.17) is 16.7 Å². The molecule has 0 radical (unpaired) electrons. The molecule has 19 heavy (non-hydrogen) atoms. The van der Waals surface area contributed by atoms with Crippen LogP contribution >= 0.6 is 11.6 Å². The van der Waals surface area contributed by atoms with Gasteiger partial charge in [0, 0.05) is 18.8 Å². The molecule has 0 atom stereocenters. The van der Waals surface area contributed by atoms with E-state index >= 15 is 0 Å². The second-order valence-electron chi connectivity index (χ2n) is 4.91. The van der Waals surface area contributed by atoms with Gasteiger partial charge in [0.15, 0.2) is 0 Å². The molecule has 0 aromatic carbocycles. The number of hydrogen-bond donors (Lipinski definition) is 1. The number of carboxylic acids is 1. The van der Waals surface area contributed by atoms with Gasteiger partial charge in [-0.15, -0.1) is 0 Å². The van der Waals surface area contributed by atoms with Crippen LogP contribution in [0.3, 0.4) is 0 Å². The van der Waals surface area contributed by atoms with Crippen molar-refractivity contribution in [2.75, 3.05) is 11.4 Å². The Morgan fingerprint density at radius 1 is 1.47 bits per heavy atom. The van der Waals surface area contributed by atoms with Crippen LogP contribution in [0, 0.1) is 0 Å². The summed E-state index contributed by atoms with van der Waals surface area (Å²) in [6.07, 6.45) is 7.51. The second kappa shape index (κ2) is 6.24. The van der Waals surface area contributed by atoms with Gasteiger partial charge < -0.3 is 10.0 Å². The van der Waals surface area contributed by atoms with Gasteiger partial charge in [-0.25, -0.2) is 9.78 Å². The molecule has 0 unspecified atom stereocenters. The Labute approximate surface area is 118 Å². The predicted molar refractivity (Wildman–Crippen MR) is 76.1 cm³/mol. The average molecular weight is 283 g/mol. The lowest BCUT2D eigenvalue weighted by atomic mass is 9.94. The second-order valence-corrected chi connectivity index (χ2v) is 5.31. The van der Waals surface area contributed by atoms with Crippen molar-refractivity contribution in [3.05, 3.63) is 22.8 Å². The van der Waals surface area contributed by atoms with Crippen LogP contribution in [0.15, 0.2) is 12.3 Å². The fraction of sp³-hybridized carbons (Fsp3) is 0.571. The number of aromatic nitrogens is 1. The molecule has 1 fully saturated rings. The number of rotatable bonds is 4. The molecule has 4 nitrogen and oxygen atoms in total. The Kier molecular flexibility index (Phi) is 4.64. The molecule has 0 bridgehead atoms. The van der Waals surface area contributed by atoms with Crippen LogP contribution in [0.25, 0.3) is 0 Å². The first-order valence-electron chi connectivity index (χ1n) is 6.79. The fourth-order valence-electron chi connectivity index (χ4n) is 2.75. The number of halogens is 1. The first-order valence-corrected chi connectivity index (χ1v) is 7.16. The summed E-state index contributed by atoms with van der Waals surface area (Å²) in [6, 6.07) is 2.05. The summed E-state index contributed by atoms with van der Waals surface area (Å²) >= 11 is 5.86. The summed E-state index contributed by atoms with van der Waals surface area (Å²) in [5, 5.41) is 9.31. The molecule has 1 aliphatic rings. The summed E-state index contributed by atoms with van der Waals surface area (Å²) in [7, 11) is 0. The van der Waals surface area contributed by atoms with E-state index in [1.165, 1.54) is 25.5 Å². The maximum absolute atomic E-state index is 11.1. The molecule has 5 heteroatoms. The van der Waals surface area contributed by atoms with E-state index in [2.05, 4.69) is 16.8 Å². The Morgan fingerprint density at radius 3 is 2.74 bits per heavy atom. The zero-order valence-electron chi connectivity index (χ0n) is 11.1. The lowest BCUT2D eigenvalue weighted by Crippen LogP contribution is -2.37. The minimum Gasteiger partial charge on any atom is -0.478 e. The highest BCUT2D eigenvalue weighted by Gasteiger charge is 2.22. The SMILES string of the molecule is CCN(c1cc(C(=O)O)c(Cl)cn1)C1CCCCC1. The van der Waals surface area contributed by atoms with Gasteiger partial charge in [0.1, 0.15) is 5.82 Å². The average Bonchev–Trinajstić information content (AvgIpc) is 2.42. The summed E-state index contributed by atoms with van der Waals surface area (Å²) in [5.41, 5.74) is 0.126. The normalized spacial score (nSPS) is 16.3. The van der Waals surface area contributed by atoms with Crippen LogP contribution in [0.2, 0.25) is 5.02 Å². The fourth-order valence-corrected chi connectivity index (χ4v) is 2.93. The van der Waals surface area contributed by atoms with Crippen molar-refractivity contribution < 1.29 is 9.90 Å². The monoisotopic (exact) mass is 282 g/mol. The molecule has 1 saturated carbocycles. The Morgan fingerprint density at radius 2 is 2.16 bits per heavy atom. The zero-order chi connectivity index (χ0) is 13.8. The highest BCUT2D eigenvalue weighted by atomic mass is 35.5. The maximum atomic E-state index is 11.1. The van der Waals surface area contributed by atoms with Gasteiger partial charge in [0.05, 0.1) is 10.6 Å². The molecule has 0 amide bonds. The third-order valence-electron chi connectivity index (χ3n) is 3.72. The highest BCUT2D eigenvalue weighted by Crippen LogP contribution is 2.28. The summed E-state index contributed by atoms with van der Waals surface area (Å²) < 4.78 is 0. The molecule has 1 aromatic heterocycles. The van der Waals surface area contributed by atoms with Crippen LogP contribution in [0.5, 0.6) is 0 Å². The Bertz CT molecular complexity index is 459. The molecular weight excluding hydrogens is 264 g/mol. The molecule has 0 saturated heterocycles. The number of carboxylic acid groups (broad SMARTS) is 1. The quantitative estimate of drug-likeness (QED) is 0.917. The third-order valence-corrected chi connectivity index (χ3v) is 4.02. The van der Waals surface area contributed by atoms with Gasteiger partial charge in [-0.2, -0.15) is 0 Å². The number of hydrogen-bond acceptors (Lipinski definition) is 3. The standard InChI is InChI=1S/C14H19ClN2O2/c1-2-17(10-6-4-3-5-7-10)13-8-11(14(18)19)12(15)9-16-13/h8-10H,2-7H2,1H3,(H,18,19). The number of carbonyl (C=O) groups is 1. The van der Waals surface area contributed by atoms with Crippen molar-refractivity contribution in [1.29, 1.82) is 0 Å². The topological polar surface area (TPSA) is 53.4 Å². The van der Waals surface area contributed by atoms with Crippen molar-refractivity contribution in [3.8, 4) is 0 Å². The minimum atomic E-state index is -1.01. The van der Waals surface area contributed by atoms with E-state index in [9.17, 15) is 4.79 Å². The Hall–Kier alpha value is -1.29. The number of anilines is 1. The molecule has 0 spiro atoms. The van der Waals surface area contributed by atoms with Crippen molar-refractivity contribution in [2.24, 2.45) is 0 Å². The van der Waals surface area contributed by atoms with Crippen molar-refractivity contribution in [1.82, 2.24) is 4.98 Å². The lowest BCUT2D eigenvalue weighted by molar-refractivity contribution is 0.0697. The van der Waals surface area contributed by atoms with Crippen LogP contribution in [0.4, 0.5) is 5.82 Å². The molecule has 1 aromatic rings. The van der Waals surface area contributed by atoms with Crippen molar-refractivity contribution in [3.63, 3.8) is 0 Å². The third kappa shape index (κ3) is 3.18. The molecule has 1 N–H and O–H groups in total. The van der Waals surface area contributed by atoms with Crippen LogP contribution < -0.4 is 4.90 Å². The molecular formula is C14H19ClN2O2. The van der Waals surface area contributed by atoms with Crippen LogP contribution in [-0.4, -0.2) is 28.6 Å². The van der Waals surface area contributed by atoms with E-state index in [1.807, 2.05) is 0 Å². The molecule has 104 valence electrons. The highest BCUT2D eigenvalue weighted by molar-refractivity contribution is 6.33. The summed E-state index contributed by atoms with van der Waals surface area (Å²) in [6.45, 7) is 2.91. The predicted octanol–water partition coefficient (Wildman–Crippen LogP) is 3.59. The van der Waals surface area contributed by atoms with Crippen LogP contribution in [-0.2, 0) is 0 Å². The van der Waals surface area contributed by atoms with E-state index in [1.54, 1.807) is 6.07 Å². The molecule has 2 rings (SSSR count). The molecule has 1 heterocycles. The van der Waals surface area contributed by atoms with Gasteiger partial charge in [-0.3, -0.25) is 0 Å². The largest absolute Gasteiger partial charge is 0.478 e. The summed E-state index contributed by atoms with van der Waals surface area (Å²) in [5.74, 6) is -0.287. The maximum Gasteiger partial charge on any atom is 0.337 e. The smallest absolute Gasteiger partial charge is 0.337 e. The molecule has 1 aliphatic carbocycles. The van der Waals surface area contributed by atoms with Gasteiger partial charge in [-0.05, 0) is 25.8 Å². The van der Waals surface area contributed by atoms with Gasteiger partial charge in [0.25, 0.3) is 0 Å². The number of pyridine rings is 1. The van der Waals surface area contributed by atoms with Crippen LogP contribution in [0.1, 0.15) is 49.4 Å². The minimum absolute atomic E-state index is 0.126. The summed E-state index contributed by atoms with van der Waals surface area (Å²) in [4.78, 5) is 17.6.